The van der Waals surface area contributed by atoms with Gasteiger partial charge in [-0.2, -0.15) is 5.10 Å². The van der Waals surface area contributed by atoms with Crippen LogP contribution in [-0.2, 0) is 22.6 Å². The molecule has 0 saturated heterocycles. The second kappa shape index (κ2) is 7.57. The summed E-state index contributed by atoms with van der Waals surface area (Å²) >= 11 is 1.47. The van der Waals surface area contributed by atoms with Crippen molar-refractivity contribution in [2.75, 3.05) is 26.1 Å². The molecule has 6 nitrogen and oxygen atoms in total. The predicted octanol–water partition coefficient (Wildman–Crippen LogP) is 3.14. The van der Waals surface area contributed by atoms with E-state index >= 15 is 0 Å². The number of fused-ring (bicyclic) bond motifs is 1. The number of hydrogen-bond donors (Lipinski definition) is 1. The van der Waals surface area contributed by atoms with E-state index in [2.05, 4.69) is 10.4 Å². The summed E-state index contributed by atoms with van der Waals surface area (Å²) < 4.78 is 13.1. The maximum atomic E-state index is 12.7. The van der Waals surface area contributed by atoms with Gasteiger partial charge in [-0.15, -0.1) is 11.3 Å². The number of carbonyl (C=O) groups is 1. The van der Waals surface area contributed by atoms with Crippen LogP contribution in [0.4, 0.5) is 5.69 Å². The van der Waals surface area contributed by atoms with E-state index in [1.807, 2.05) is 24.3 Å². The molecule has 3 rings (SSSR count). The van der Waals surface area contributed by atoms with Crippen LogP contribution in [0.2, 0.25) is 0 Å². The zero-order valence-electron chi connectivity index (χ0n) is 13.6. The lowest BCUT2D eigenvalue weighted by molar-refractivity contribution is 0.102. The van der Waals surface area contributed by atoms with Crippen molar-refractivity contribution in [2.45, 2.75) is 13.2 Å². The Kier molecular flexibility index (Phi) is 5.24. The Hall–Kier alpha value is -2.22. The third-order valence-corrected chi connectivity index (χ3v) is 4.82. The lowest BCUT2D eigenvalue weighted by atomic mass is 10.1. The highest BCUT2D eigenvalue weighted by Crippen LogP contribution is 2.32. The molecule has 3 aromatic rings. The number of nitrogens with zero attached hydrogens (tertiary/aromatic N) is 2. The molecule has 0 radical (unpaired) electrons. The third kappa shape index (κ3) is 3.48. The molecule has 2 heterocycles. The number of nitrogens with one attached hydrogen (secondary N) is 1. The van der Waals surface area contributed by atoms with Crippen molar-refractivity contribution in [3.63, 3.8) is 0 Å². The van der Waals surface area contributed by atoms with Crippen LogP contribution < -0.4 is 5.32 Å². The Morgan fingerprint density at radius 1 is 1.29 bits per heavy atom. The van der Waals surface area contributed by atoms with Gasteiger partial charge in [0.1, 0.15) is 0 Å². The molecule has 0 unspecified atom stereocenters. The molecule has 0 fully saturated rings. The summed E-state index contributed by atoms with van der Waals surface area (Å²) in [7, 11) is 3.28. The smallest absolute Gasteiger partial charge is 0.266 e. The number of hydrogen-bond acceptors (Lipinski definition) is 5. The number of anilines is 1. The lowest BCUT2D eigenvalue weighted by Gasteiger charge is -2.04. The molecule has 1 amide bonds. The summed E-state index contributed by atoms with van der Waals surface area (Å²) in [4.78, 5) is 13.4. The van der Waals surface area contributed by atoms with Crippen molar-refractivity contribution < 1.29 is 14.3 Å². The molecule has 126 valence electrons. The average molecular weight is 345 g/mol. The molecule has 24 heavy (non-hydrogen) atoms. The zero-order chi connectivity index (χ0) is 16.9. The molecule has 0 atom stereocenters. The average Bonchev–Trinajstić information content (AvgIpc) is 3.18. The molecule has 1 aromatic carbocycles. The van der Waals surface area contributed by atoms with Gasteiger partial charge in [0.2, 0.25) is 0 Å². The van der Waals surface area contributed by atoms with Crippen LogP contribution in [0, 0.1) is 0 Å². The topological polar surface area (TPSA) is 65.4 Å². The van der Waals surface area contributed by atoms with Crippen molar-refractivity contribution in [2.24, 2.45) is 0 Å². The van der Waals surface area contributed by atoms with Gasteiger partial charge in [-0.05, 0) is 11.5 Å². The Morgan fingerprint density at radius 3 is 2.92 bits per heavy atom. The summed E-state index contributed by atoms with van der Waals surface area (Å²) in [5, 5.41) is 8.17. The largest absolute Gasteiger partial charge is 0.383 e. The summed E-state index contributed by atoms with van der Waals surface area (Å²) in [6, 6.07) is 7.96. The van der Waals surface area contributed by atoms with Gasteiger partial charge < -0.3 is 14.8 Å². The molecule has 0 aliphatic heterocycles. The summed E-state index contributed by atoms with van der Waals surface area (Å²) in [6.07, 6.45) is 3.43. The second-order valence-electron chi connectivity index (χ2n) is 5.28. The highest BCUT2D eigenvalue weighted by atomic mass is 32.1. The molecule has 0 aliphatic rings. The molecular weight excluding hydrogens is 326 g/mol. The van der Waals surface area contributed by atoms with Crippen LogP contribution in [0.1, 0.15) is 15.2 Å². The van der Waals surface area contributed by atoms with Gasteiger partial charge >= 0.3 is 0 Å². The van der Waals surface area contributed by atoms with Crippen molar-refractivity contribution in [3.8, 4) is 0 Å². The monoisotopic (exact) mass is 345 g/mol. The van der Waals surface area contributed by atoms with Crippen LogP contribution in [0.5, 0.6) is 0 Å². The molecule has 0 bridgehead atoms. The minimum atomic E-state index is -0.144. The lowest BCUT2D eigenvalue weighted by Crippen LogP contribution is -2.12. The summed E-state index contributed by atoms with van der Waals surface area (Å²) in [5.41, 5.74) is 1.58. The van der Waals surface area contributed by atoms with Crippen LogP contribution in [-0.4, -0.2) is 36.5 Å². The molecule has 1 N–H and O–H groups in total. The summed E-state index contributed by atoms with van der Waals surface area (Å²) in [5.74, 6) is -0.144. The van der Waals surface area contributed by atoms with Crippen molar-refractivity contribution in [1.29, 1.82) is 0 Å². The van der Waals surface area contributed by atoms with Gasteiger partial charge in [-0.25, -0.2) is 0 Å². The van der Waals surface area contributed by atoms with E-state index in [0.717, 1.165) is 15.6 Å². The third-order valence-electron chi connectivity index (χ3n) is 3.61. The first kappa shape index (κ1) is 16.6. The molecular formula is C17H19N3O3S. The van der Waals surface area contributed by atoms with E-state index in [-0.39, 0.29) is 5.91 Å². The number of rotatable bonds is 7. The highest BCUT2D eigenvalue weighted by Gasteiger charge is 2.18. The first-order valence-corrected chi connectivity index (χ1v) is 8.36. The Labute approximate surface area is 144 Å². The SMILES string of the molecule is COCCn1cc(NC(=O)c2sc3ccccc3c2COC)cn1. The minimum absolute atomic E-state index is 0.144. The molecule has 0 spiro atoms. The van der Waals surface area contributed by atoms with E-state index in [0.29, 0.717) is 30.3 Å². The van der Waals surface area contributed by atoms with Crippen LogP contribution >= 0.6 is 11.3 Å². The Balaban J connectivity index is 1.83. The Bertz CT molecular complexity index is 841. The van der Waals surface area contributed by atoms with E-state index in [1.54, 1.807) is 31.3 Å². The minimum Gasteiger partial charge on any atom is -0.383 e. The van der Waals surface area contributed by atoms with Crippen LogP contribution in [0.15, 0.2) is 36.7 Å². The zero-order valence-corrected chi connectivity index (χ0v) is 14.4. The van der Waals surface area contributed by atoms with Crippen LogP contribution in [0.3, 0.4) is 0 Å². The normalized spacial score (nSPS) is 11.1. The van der Waals surface area contributed by atoms with Gasteiger partial charge in [0.05, 0.1) is 36.5 Å². The number of methoxy groups -OCH3 is 2. The number of thiophene rings is 1. The molecule has 7 heteroatoms. The van der Waals surface area contributed by atoms with Gasteiger partial charge in [0.25, 0.3) is 5.91 Å². The predicted molar refractivity (Wildman–Crippen MR) is 94.6 cm³/mol. The highest BCUT2D eigenvalue weighted by molar-refractivity contribution is 7.21. The first-order valence-electron chi connectivity index (χ1n) is 7.55. The van der Waals surface area contributed by atoms with Gasteiger partial charge in [0.15, 0.2) is 0 Å². The van der Waals surface area contributed by atoms with Crippen molar-refractivity contribution in [1.82, 2.24) is 9.78 Å². The number of benzene rings is 1. The second-order valence-corrected chi connectivity index (χ2v) is 6.33. The van der Waals surface area contributed by atoms with E-state index in [4.69, 9.17) is 9.47 Å². The number of aromatic nitrogens is 2. The van der Waals surface area contributed by atoms with Crippen LogP contribution in [0.25, 0.3) is 10.1 Å². The van der Waals surface area contributed by atoms with E-state index in [9.17, 15) is 4.79 Å². The van der Waals surface area contributed by atoms with Gasteiger partial charge in [-0.1, -0.05) is 18.2 Å². The quantitative estimate of drug-likeness (QED) is 0.714. The fraction of sp³-hybridized carbons (Fsp3) is 0.294. The van der Waals surface area contributed by atoms with E-state index < -0.39 is 0 Å². The molecule has 2 aromatic heterocycles. The van der Waals surface area contributed by atoms with Gasteiger partial charge in [0, 0.05) is 30.7 Å². The Morgan fingerprint density at radius 2 is 2.12 bits per heavy atom. The standard InChI is InChI=1S/C17H19N3O3S/c1-22-8-7-20-10-12(9-18-20)19-17(21)16-14(11-23-2)13-5-3-4-6-15(13)24-16/h3-6,9-10H,7-8,11H2,1-2H3,(H,19,21). The fourth-order valence-electron chi connectivity index (χ4n) is 2.49. The number of amides is 1. The van der Waals surface area contributed by atoms with Crippen molar-refractivity contribution in [3.05, 3.63) is 47.1 Å². The summed E-state index contributed by atoms with van der Waals surface area (Å²) in [6.45, 7) is 1.62. The number of ether oxygens (including phenoxy) is 2. The first-order chi connectivity index (χ1) is 11.7. The maximum absolute atomic E-state index is 12.7. The molecule has 0 saturated carbocycles. The maximum Gasteiger partial charge on any atom is 0.266 e. The van der Waals surface area contributed by atoms with Crippen molar-refractivity contribution >= 4 is 33.0 Å². The molecule has 0 aliphatic carbocycles. The fourth-order valence-corrected chi connectivity index (χ4v) is 3.60. The van der Waals surface area contributed by atoms with E-state index in [1.165, 1.54) is 11.3 Å². The van der Waals surface area contributed by atoms with Gasteiger partial charge in [-0.3, -0.25) is 9.48 Å². The number of carbonyl (C=O) groups excluding carboxylic acids is 1.